The van der Waals surface area contributed by atoms with Gasteiger partial charge in [-0.3, -0.25) is 4.79 Å². The van der Waals surface area contributed by atoms with E-state index in [0.717, 1.165) is 21.6 Å². The Morgan fingerprint density at radius 2 is 2.04 bits per heavy atom. The highest BCUT2D eigenvalue weighted by atomic mass is 35.5. The zero-order valence-electron chi connectivity index (χ0n) is 13.7. The molecule has 0 saturated carbocycles. The van der Waals surface area contributed by atoms with E-state index in [1.807, 2.05) is 0 Å². The fourth-order valence-corrected chi connectivity index (χ4v) is 7.40. The summed E-state index contributed by atoms with van der Waals surface area (Å²) in [5, 5.41) is 3.75. The maximum atomic E-state index is 12.9. The zero-order chi connectivity index (χ0) is 19.2. The van der Waals surface area contributed by atoms with Crippen molar-refractivity contribution in [3.05, 3.63) is 39.7 Å². The Balaban J connectivity index is 1.56. The molecule has 1 aliphatic heterocycles. The van der Waals surface area contributed by atoms with E-state index in [0.29, 0.717) is 33.9 Å². The number of halogens is 2. The summed E-state index contributed by atoms with van der Waals surface area (Å²) in [5.74, 6) is -0.385. The number of sulfonamides is 1. The van der Waals surface area contributed by atoms with Crippen LogP contribution in [0.15, 0.2) is 34.5 Å². The van der Waals surface area contributed by atoms with Crippen molar-refractivity contribution in [2.75, 3.05) is 11.9 Å². The molecule has 6 nitrogen and oxygen atoms in total. The molecule has 0 bridgehead atoms. The van der Waals surface area contributed by atoms with Crippen molar-refractivity contribution < 1.29 is 13.2 Å². The molecule has 11 heteroatoms. The van der Waals surface area contributed by atoms with E-state index in [-0.39, 0.29) is 10.1 Å². The van der Waals surface area contributed by atoms with Crippen molar-refractivity contribution in [2.45, 2.75) is 23.1 Å². The fourth-order valence-electron chi connectivity index (χ4n) is 2.98. The average molecular weight is 462 g/mol. The van der Waals surface area contributed by atoms with E-state index >= 15 is 0 Å². The van der Waals surface area contributed by atoms with Crippen molar-refractivity contribution in [2.24, 2.45) is 0 Å². The topological polar surface area (TPSA) is 79.4 Å². The van der Waals surface area contributed by atoms with Gasteiger partial charge in [-0.05, 0) is 43.2 Å². The van der Waals surface area contributed by atoms with E-state index in [9.17, 15) is 13.2 Å². The van der Waals surface area contributed by atoms with Gasteiger partial charge in [-0.1, -0.05) is 34.5 Å². The molecule has 1 saturated heterocycles. The minimum Gasteiger partial charge on any atom is -0.301 e. The maximum absolute atomic E-state index is 12.9. The van der Waals surface area contributed by atoms with Gasteiger partial charge in [0.05, 0.1) is 14.6 Å². The van der Waals surface area contributed by atoms with E-state index in [2.05, 4.69) is 10.3 Å². The molecule has 4 rings (SSSR count). The number of thiazole rings is 1. The van der Waals surface area contributed by atoms with Gasteiger partial charge in [0.15, 0.2) is 5.13 Å². The first-order chi connectivity index (χ1) is 12.8. The third-order valence-electron chi connectivity index (χ3n) is 4.20. The standard InChI is InChI=1S/C16H13Cl2N3O3S3/c17-9-3-4-10-12(8-9)25-16(19-10)20-15(22)11-2-1-7-21(11)27(23,24)14-6-5-13(18)26-14/h3-6,8,11H,1-2,7H2,(H,19,20,22)/t11-/m1/s1. The Labute approximate surface area is 173 Å². The van der Waals surface area contributed by atoms with E-state index in [1.54, 1.807) is 18.2 Å². The van der Waals surface area contributed by atoms with Gasteiger partial charge in [-0.15, -0.1) is 11.3 Å². The number of rotatable bonds is 4. The molecule has 3 heterocycles. The second-order valence-corrected chi connectivity index (χ2v) is 11.3. The molecular formula is C16H13Cl2N3O3S3. The Kier molecular flexibility index (Phi) is 5.17. The van der Waals surface area contributed by atoms with Crippen LogP contribution < -0.4 is 5.32 Å². The molecule has 2 aromatic heterocycles. The molecule has 0 aliphatic carbocycles. The molecule has 0 radical (unpaired) electrons. The second-order valence-electron chi connectivity index (χ2n) is 5.95. The van der Waals surface area contributed by atoms with E-state index in [1.165, 1.54) is 27.8 Å². The van der Waals surface area contributed by atoms with Crippen molar-refractivity contribution in [3.63, 3.8) is 0 Å². The summed E-state index contributed by atoms with van der Waals surface area (Å²) in [4.78, 5) is 17.1. The van der Waals surface area contributed by atoms with Crippen LogP contribution in [-0.4, -0.2) is 36.2 Å². The van der Waals surface area contributed by atoms with Crippen molar-refractivity contribution in [3.8, 4) is 0 Å². The van der Waals surface area contributed by atoms with E-state index in [4.69, 9.17) is 23.2 Å². The third-order valence-corrected chi connectivity index (χ3v) is 8.97. The lowest BCUT2D eigenvalue weighted by Crippen LogP contribution is -2.42. The van der Waals surface area contributed by atoms with Crippen LogP contribution in [0.3, 0.4) is 0 Å². The first kappa shape index (κ1) is 19.1. The Bertz CT molecular complexity index is 1130. The van der Waals surface area contributed by atoms with Crippen LogP contribution in [-0.2, 0) is 14.8 Å². The lowest BCUT2D eigenvalue weighted by Gasteiger charge is -2.22. The van der Waals surface area contributed by atoms with Gasteiger partial charge in [0.1, 0.15) is 10.3 Å². The van der Waals surface area contributed by atoms with Gasteiger partial charge in [0, 0.05) is 11.6 Å². The molecule has 27 heavy (non-hydrogen) atoms. The Morgan fingerprint density at radius 1 is 1.22 bits per heavy atom. The second kappa shape index (κ2) is 7.31. The minimum absolute atomic E-state index is 0.141. The molecule has 3 aromatic rings. The first-order valence-corrected chi connectivity index (χ1v) is 11.8. The normalized spacial score (nSPS) is 18.2. The highest BCUT2D eigenvalue weighted by Crippen LogP contribution is 2.33. The molecule has 1 aromatic carbocycles. The smallest absolute Gasteiger partial charge is 0.253 e. The number of benzene rings is 1. The molecule has 142 valence electrons. The number of nitrogens with zero attached hydrogens (tertiary/aromatic N) is 2. The monoisotopic (exact) mass is 461 g/mol. The lowest BCUT2D eigenvalue weighted by atomic mass is 10.2. The highest BCUT2D eigenvalue weighted by molar-refractivity contribution is 7.91. The molecule has 1 N–H and O–H groups in total. The zero-order valence-corrected chi connectivity index (χ0v) is 17.6. The number of carbonyl (C=O) groups is 1. The average Bonchev–Trinajstić information content (AvgIpc) is 3.32. The van der Waals surface area contributed by atoms with Crippen molar-refractivity contribution >= 4 is 77.2 Å². The summed E-state index contributed by atoms with van der Waals surface area (Å²) >= 11 is 14.1. The number of hydrogen-bond donors (Lipinski definition) is 1. The van der Waals surface area contributed by atoms with E-state index < -0.39 is 16.1 Å². The summed E-state index contributed by atoms with van der Waals surface area (Å²) < 4.78 is 28.4. The number of anilines is 1. The molecule has 1 atom stereocenters. The van der Waals surface area contributed by atoms with Crippen LogP contribution in [0.1, 0.15) is 12.8 Å². The van der Waals surface area contributed by atoms with Gasteiger partial charge >= 0.3 is 0 Å². The van der Waals surface area contributed by atoms with Gasteiger partial charge in [-0.25, -0.2) is 13.4 Å². The largest absolute Gasteiger partial charge is 0.301 e. The van der Waals surface area contributed by atoms with Crippen molar-refractivity contribution in [1.82, 2.24) is 9.29 Å². The number of hydrogen-bond acceptors (Lipinski definition) is 6. The third kappa shape index (κ3) is 3.72. The molecular weight excluding hydrogens is 449 g/mol. The summed E-state index contributed by atoms with van der Waals surface area (Å²) in [7, 11) is -3.76. The summed E-state index contributed by atoms with van der Waals surface area (Å²) in [6, 6.07) is 7.51. The predicted octanol–water partition coefficient (Wildman–Crippen LogP) is 4.46. The SMILES string of the molecule is O=C(Nc1nc2ccc(Cl)cc2s1)[C@H]1CCCN1S(=O)(=O)c1ccc(Cl)s1. The number of thiophene rings is 1. The Hall–Kier alpha value is -1.23. The summed E-state index contributed by atoms with van der Waals surface area (Å²) in [5.41, 5.74) is 0.726. The quantitative estimate of drug-likeness (QED) is 0.621. The van der Waals surface area contributed by atoms with Gasteiger partial charge in [-0.2, -0.15) is 4.31 Å². The van der Waals surface area contributed by atoms with Crippen LogP contribution in [0.4, 0.5) is 5.13 Å². The maximum Gasteiger partial charge on any atom is 0.253 e. The van der Waals surface area contributed by atoms with Crippen LogP contribution in [0.25, 0.3) is 10.2 Å². The van der Waals surface area contributed by atoms with Gasteiger partial charge in [0.25, 0.3) is 10.0 Å². The molecule has 1 fully saturated rings. The highest BCUT2D eigenvalue weighted by Gasteiger charge is 2.40. The summed E-state index contributed by atoms with van der Waals surface area (Å²) in [6.45, 7) is 0.297. The minimum atomic E-state index is -3.76. The molecule has 0 spiro atoms. The number of fused-ring (bicyclic) bond motifs is 1. The molecule has 1 amide bonds. The summed E-state index contributed by atoms with van der Waals surface area (Å²) in [6.07, 6.45) is 1.08. The van der Waals surface area contributed by atoms with Gasteiger partial charge < -0.3 is 5.32 Å². The number of carbonyl (C=O) groups excluding carboxylic acids is 1. The van der Waals surface area contributed by atoms with Crippen LogP contribution in [0.2, 0.25) is 9.36 Å². The number of amides is 1. The molecule has 0 unspecified atom stereocenters. The van der Waals surface area contributed by atoms with Crippen LogP contribution in [0, 0.1) is 0 Å². The number of aromatic nitrogens is 1. The first-order valence-electron chi connectivity index (χ1n) is 7.99. The fraction of sp³-hybridized carbons (Fsp3) is 0.250. The van der Waals surface area contributed by atoms with Gasteiger partial charge in [0.2, 0.25) is 5.91 Å². The molecule has 1 aliphatic rings. The Morgan fingerprint density at radius 3 is 2.78 bits per heavy atom. The number of nitrogens with one attached hydrogen (secondary N) is 1. The lowest BCUT2D eigenvalue weighted by molar-refractivity contribution is -0.119. The van der Waals surface area contributed by atoms with Crippen LogP contribution >= 0.6 is 45.9 Å². The van der Waals surface area contributed by atoms with Crippen LogP contribution in [0.5, 0.6) is 0 Å². The van der Waals surface area contributed by atoms with Crippen molar-refractivity contribution in [1.29, 1.82) is 0 Å². The predicted molar refractivity (Wildman–Crippen MR) is 110 cm³/mol.